The summed E-state index contributed by atoms with van der Waals surface area (Å²) < 4.78 is 5.65. The Hall–Kier alpha value is -3.10. The van der Waals surface area contributed by atoms with Crippen LogP contribution in [0, 0.1) is 10.1 Å². The highest BCUT2D eigenvalue weighted by Gasteiger charge is 2.32. The molecule has 10 heteroatoms. The monoisotopic (exact) mass is 449 g/mol. The molecule has 1 aliphatic rings. The van der Waals surface area contributed by atoms with E-state index >= 15 is 0 Å². The number of nitrogens with zero attached hydrogens (tertiary/aromatic N) is 2. The van der Waals surface area contributed by atoms with Crippen molar-refractivity contribution in [1.29, 1.82) is 0 Å². The summed E-state index contributed by atoms with van der Waals surface area (Å²) in [4.78, 5) is 35.7. The summed E-state index contributed by atoms with van der Waals surface area (Å²) in [6.07, 6.45) is 2.14. The number of benzene rings is 2. The van der Waals surface area contributed by atoms with E-state index in [-0.39, 0.29) is 33.8 Å². The first kappa shape index (κ1) is 21.6. The van der Waals surface area contributed by atoms with E-state index in [1.807, 2.05) is 6.92 Å². The second-order valence-corrected chi connectivity index (χ2v) is 7.29. The summed E-state index contributed by atoms with van der Waals surface area (Å²) >= 11 is 12.6. The Labute approximate surface area is 182 Å². The molecule has 8 nitrogen and oxygen atoms in total. The molecule has 0 unspecified atom stereocenters. The van der Waals surface area contributed by atoms with Gasteiger partial charge in [0.1, 0.15) is 12.3 Å². The molecule has 0 bridgehead atoms. The number of nitro groups is 1. The van der Waals surface area contributed by atoms with E-state index in [1.54, 1.807) is 24.3 Å². The van der Waals surface area contributed by atoms with Crippen LogP contribution in [0.1, 0.15) is 24.5 Å². The van der Waals surface area contributed by atoms with Gasteiger partial charge in [-0.2, -0.15) is 0 Å². The van der Waals surface area contributed by atoms with Gasteiger partial charge in [-0.25, -0.2) is 4.79 Å². The molecule has 2 aromatic carbocycles. The number of non-ortho nitro benzene ring substituents is 1. The molecule has 1 aliphatic heterocycles. The Morgan fingerprint density at radius 2 is 1.90 bits per heavy atom. The Morgan fingerprint density at radius 3 is 2.53 bits per heavy atom. The lowest BCUT2D eigenvalue weighted by atomic mass is 10.1. The van der Waals surface area contributed by atoms with Crippen LogP contribution in [0.3, 0.4) is 0 Å². The third kappa shape index (κ3) is 4.72. The molecule has 0 aliphatic carbocycles. The summed E-state index contributed by atoms with van der Waals surface area (Å²) in [6, 6.07) is 8.65. The lowest BCUT2D eigenvalue weighted by Crippen LogP contribution is -2.31. The molecule has 1 saturated heterocycles. The zero-order valence-corrected chi connectivity index (χ0v) is 17.4. The number of imide groups is 1. The smallest absolute Gasteiger partial charge is 0.329 e. The maximum absolute atomic E-state index is 12.3. The van der Waals surface area contributed by atoms with Gasteiger partial charge in [0, 0.05) is 18.7 Å². The van der Waals surface area contributed by atoms with Crippen molar-refractivity contribution in [3.05, 3.63) is 73.4 Å². The number of hydrogen-bond acceptors (Lipinski definition) is 5. The van der Waals surface area contributed by atoms with Gasteiger partial charge in [-0.1, -0.05) is 42.3 Å². The van der Waals surface area contributed by atoms with E-state index in [1.165, 1.54) is 18.2 Å². The first-order valence-electron chi connectivity index (χ1n) is 9.00. The number of nitro benzene ring substituents is 1. The maximum atomic E-state index is 12.3. The molecule has 30 heavy (non-hydrogen) atoms. The number of nitrogens with one attached hydrogen (secondary N) is 1. The maximum Gasteiger partial charge on any atom is 0.329 e. The highest BCUT2D eigenvalue weighted by Crippen LogP contribution is 2.35. The quantitative estimate of drug-likeness (QED) is 0.283. The third-order valence-electron chi connectivity index (χ3n) is 4.25. The van der Waals surface area contributed by atoms with Crippen LogP contribution >= 0.6 is 23.2 Å². The normalized spacial score (nSPS) is 14.9. The second kappa shape index (κ2) is 9.15. The first-order valence-corrected chi connectivity index (χ1v) is 9.75. The van der Waals surface area contributed by atoms with Crippen molar-refractivity contribution in [1.82, 2.24) is 10.2 Å². The van der Waals surface area contributed by atoms with E-state index < -0.39 is 16.9 Å². The van der Waals surface area contributed by atoms with Crippen LogP contribution < -0.4 is 10.1 Å². The summed E-state index contributed by atoms with van der Waals surface area (Å²) in [5.74, 6) is -0.207. The molecule has 0 saturated carbocycles. The molecule has 3 amide bonds. The molecule has 0 atom stereocenters. The van der Waals surface area contributed by atoms with Gasteiger partial charge in [-0.3, -0.25) is 19.8 Å². The van der Waals surface area contributed by atoms with Gasteiger partial charge in [0.25, 0.3) is 11.6 Å². The van der Waals surface area contributed by atoms with E-state index in [2.05, 4.69) is 5.32 Å². The number of rotatable bonds is 7. The molecule has 2 aromatic rings. The minimum Gasteiger partial charge on any atom is -0.486 e. The van der Waals surface area contributed by atoms with E-state index in [0.29, 0.717) is 24.1 Å². The molecule has 0 radical (unpaired) electrons. The number of carbonyl (C=O) groups excluding carboxylic acids is 2. The van der Waals surface area contributed by atoms with Crippen molar-refractivity contribution in [2.24, 2.45) is 0 Å². The number of hydrogen-bond donors (Lipinski definition) is 1. The average molecular weight is 450 g/mol. The SMILES string of the molecule is CCCN1C(=O)N/C(=C/c2cc(Cl)c(OCc3cccc([N+](=O)[O-])c3)c(Cl)c2)C1=O. The zero-order chi connectivity index (χ0) is 21.8. The number of amides is 3. The van der Waals surface area contributed by atoms with Crippen molar-refractivity contribution in [2.45, 2.75) is 20.0 Å². The minimum atomic E-state index is -0.490. The van der Waals surface area contributed by atoms with Crippen molar-refractivity contribution >= 4 is 46.9 Å². The van der Waals surface area contributed by atoms with Crippen LogP contribution in [-0.4, -0.2) is 28.3 Å². The summed E-state index contributed by atoms with van der Waals surface area (Å²) in [5.41, 5.74) is 1.18. The zero-order valence-electron chi connectivity index (χ0n) is 15.9. The highest BCUT2D eigenvalue weighted by atomic mass is 35.5. The molecule has 3 rings (SSSR count). The predicted octanol–water partition coefficient (Wildman–Crippen LogP) is 4.78. The predicted molar refractivity (Wildman–Crippen MR) is 112 cm³/mol. The number of urea groups is 1. The van der Waals surface area contributed by atoms with Gasteiger partial charge >= 0.3 is 6.03 Å². The van der Waals surface area contributed by atoms with Crippen molar-refractivity contribution in [3.8, 4) is 5.75 Å². The Kier molecular flexibility index (Phi) is 6.59. The lowest BCUT2D eigenvalue weighted by Gasteiger charge is -2.11. The lowest BCUT2D eigenvalue weighted by molar-refractivity contribution is -0.384. The molecule has 0 aromatic heterocycles. The first-order chi connectivity index (χ1) is 14.3. The van der Waals surface area contributed by atoms with E-state index in [9.17, 15) is 19.7 Å². The number of ether oxygens (including phenoxy) is 1. The Morgan fingerprint density at radius 1 is 1.20 bits per heavy atom. The minimum absolute atomic E-state index is 0.0298. The van der Waals surface area contributed by atoms with Crippen LogP contribution in [0.25, 0.3) is 6.08 Å². The molecule has 1 N–H and O–H groups in total. The van der Waals surface area contributed by atoms with Gasteiger partial charge in [0.2, 0.25) is 0 Å². The van der Waals surface area contributed by atoms with Crippen molar-refractivity contribution < 1.29 is 19.2 Å². The molecule has 156 valence electrons. The fourth-order valence-corrected chi connectivity index (χ4v) is 3.49. The van der Waals surface area contributed by atoms with Gasteiger partial charge in [-0.15, -0.1) is 0 Å². The topological polar surface area (TPSA) is 102 Å². The van der Waals surface area contributed by atoms with Crippen LogP contribution in [-0.2, 0) is 11.4 Å². The number of halogens is 2. The summed E-state index contributed by atoms with van der Waals surface area (Å²) in [5, 5.41) is 13.8. The van der Waals surface area contributed by atoms with E-state index in [4.69, 9.17) is 27.9 Å². The average Bonchev–Trinajstić information content (AvgIpc) is 2.95. The van der Waals surface area contributed by atoms with Crippen molar-refractivity contribution in [2.75, 3.05) is 6.54 Å². The van der Waals surface area contributed by atoms with Crippen LogP contribution in [0.4, 0.5) is 10.5 Å². The third-order valence-corrected chi connectivity index (χ3v) is 4.81. The van der Waals surface area contributed by atoms with Gasteiger partial charge in [-0.05, 0) is 35.8 Å². The van der Waals surface area contributed by atoms with Gasteiger partial charge in [0.05, 0.1) is 15.0 Å². The molecular formula is C20H17Cl2N3O5. The standard InChI is InChI=1S/C20H17Cl2N3O5/c1-2-6-24-19(26)17(23-20(24)27)10-13-8-15(21)18(16(22)9-13)30-11-12-4-3-5-14(7-12)25(28)29/h3-5,7-10H,2,6,11H2,1H3,(H,23,27)/b17-10+. The highest BCUT2D eigenvalue weighted by molar-refractivity contribution is 6.37. The fourth-order valence-electron chi connectivity index (χ4n) is 2.88. The van der Waals surface area contributed by atoms with Crippen LogP contribution in [0.15, 0.2) is 42.1 Å². The van der Waals surface area contributed by atoms with Crippen LogP contribution in [0.2, 0.25) is 10.0 Å². The van der Waals surface area contributed by atoms with Crippen molar-refractivity contribution in [3.63, 3.8) is 0 Å². The largest absolute Gasteiger partial charge is 0.486 e. The Balaban J connectivity index is 1.78. The molecular weight excluding hydrogens is 433 g/mol. The van der Waals surface area contributed by atoms with Crippen LogP contribution in [0.5, 0.6) is 5.75 Å². The molecule has 0 spiro atoms. The second-order valence-electron chi connectivity index (χ2n) is 6.47. The molecule has 1 fully saturated rings. The summed E-state index contributed by atoms with van der Waals surface area (Å²) in [6.45, 7) is 2.23. The molecule has 1 heterocycles. The van der Waals surface area contributed by atoms with E-state index in [0.717, 1.165) is 4.90 Å². The fraction of sp³-hybridized carbons (Fsp3) is 0.200. The Bertz CT molecular complexity index is 1030. The number of carbonyl (C=O) groups is 2. The van der Waals surface area contributed by atoms with Gasteiger partial charge < -0.3 is 10.1 Å². The van der Waals surface area contributed by atoms with Gasteiger partial charge in [0.15, 0.2) is 5.75 Å². The summed E-state index contributed by atoms with van der Waals surface area (Å²) in [7, 11) is 0.